The van der Waals surface area contributed by atoms with Crippen LogP contribution in [-0.2, 0) is 21.4 Å². The number of carbonyl (C=O) groups excluding carboxylic acids is 1. The van der Waals surface area contributed by atoms with Gasteiger partial charge in [0, 0.05) is 23.9 Å². The second-order valence-electron chi connectivity index (χ2n) is 6.79. The fourth-order valence-corrected chi connectivity index (χ4v) is 3.40. The van der Waals surface area contributed by atoms with E-state index in [4.69, 9.17) is 5.11 Å². The van der Waals surface area contributed by atoms with Crippen molar-refractivity contribution in [2.45, 2.75) is 39.5 Å². The molecule has 1 amide bonds. The zero-order valence-corrected chi connectivity index (χ0v) is 13.7. The first-order valence-electron chi connectivity index (χ1n) is 7.14. The predicted molar refractivity (Wildman–Crippen MR) is 81.4 cm³/mol. The van der Waals surface area contributed by atoms with E-state index in [-0.39, 0.29) is 23.7 Å². The molecule has 0 aliphatic carbocycles. The van der Waals surface area contributed by atoms with Gasteiger partial charge in [-0.15, -0.1) is 11.3 Å². The predicted octanol–water partition coefficient (Wildman–Crippen LogP) is 2.16. The molecule has 0 saturated carbocycles. The molecule has 0 spiro atoms. The van der Waals surface area contributed by atoms with Gasteiger partial charge in [0.25, 0.3) is 0 Å². The number of carboxylic acids is 1. The minimum Gasteiger partial charge on any atom is -0.481 e. The van der Waals surface area contributed by atoms with E-state index >= 15 is 0 Å². The minimum atomic E-state index is -0.818. The molecule has 116 valence electrons. The number of hydrogen-bond acceptors (Lipinski definition) is 4. The third-order valence-corrected chi connectivity index (χ3v) is 5.12. The Balaban J connectivity index is 1.99. The van der Waals surface area contributed by atoms with Crippen LogP contribution < -0.4 is 0 Å². The standard InChI is InChI=1S/C15H22N2O3S/c1-9-6-17(7-11(9)13(19)20)12(18)5-10-8-21-14(16-10)15(2,3)4/h8-9,11H,5-7H2,1-4H3,(H,19,20)/t9-,11-/m1/s1. The Labute approximate surface area is 129 Å². The lowest BCUT2D eigenvalue weighted by atomic mass is 9.98. The van der Waals surface area contributed by atoms with Gasteiger partial charge in [-0.25, -0.2) is 4.98 Å². The van der Waals surface area contributed by atoms with Crippen molar-refractivity contribution in [3.8, 4) is 0 Å². The molecule has 1 aromatic heterocycles. The largest absolute Gasteiger partial charge is 0.481 e. The zero-order chi connectivity index (χ0) is 15.8. The van der Waals surface area contributed by atoms with E-state index in [0.29, 0.717) is 13.1 Å². The molecule has 2 rings (SSSR count). The Morgan fingerprint density at radius 3 is 2.57 bits per heavy atom. The van der Waals surface area contributed by atoms with E-state index in [1.165, 1.54) is 0 Å². The summed E-state index contributed by atoms with van der Waals surface area (Å²) in [4.78, 5) is 29.6. The maximum absolute atomic E-state index is 12.3. The van der Waals surface area contributed by atoms with E-state index in [9.17, 15) is 9.59 Å². The summed E-state index contributed by atoms with van der Waals surface area (Å²) in [5.74, 6) is -1.29. The maximum Gasteiger partial charge on any atom is 0.308 e. The second kappa shape index (κ2) is 5.75. The van der Waals surface area contributed by atoms with E-state index in [1.807, 2.05) is 12.3 Å². The van der Waals surface area contributed by atoms with Gasteiger partial charge in [-0.05, 0) is 5.92 Å². The van der Waals surface area contributed by atoms with Gasteiger partial charge in [-0.2, -0.15) is 0 Å². The number of likely N-dealkylation sites (tertiary alicyclic amines) is 1. The Hall–Kier alpha value is -1.43. The first-order chi connectivity index (χ1) is 9.68. The highest BCUT2D eigenvalue weighted by Crippen LogP contribution is 2.27. The fraction of sp³-hybridized carbons (Fsp3) is 0.667. The van der Waals surface area contributed by atoms with Crippen molar-refractivity contribution in [2.75, 3.05) is 13.1 Å². The van der Waals surface area contributed by atoms with Crippen LogP contribution in [0.3, 0.4) is 0 Å². The van der Waals surface area contributed by atoms with Gasteiger partial charge >= 0.3 is 5.97 Å². The zero-order valence-electron chi connectivity index (χ0n) is 12.9. The number of hydrogen-bond donors (Lipinski definition) is 1. The molecule has 2 atom stereocenters. The van der Waals surface area contributed by atoms with Gasteiger partial charge in [0.1, 0.15) is 0 Å². The Morgan fingerprint density at radius 2 is 2.10 bits per heavy atom. The lowest BCUT2D eigenvalue weighted by Gasteiger charge is -2.15. The van der Waals surface area contributed by atoms with Crippen molar-refractivity contribution in [2.24, 2.45) is 11.8 Å². The molecule has 1 aliphatic heterocycles. The average molecular weight is 310 g/mol. The normalized spacial score (nSPS) is 22.6. The molecule has 1 fully saturated rings. The number of thiazole rings is 1. The number of carbonyl (C=O) groups is 2. The van der Waals surface area contributed by atoms with Gasteiger partial charge in [0.15, 0.2) is 0 Å². The van der Waals surface area contributed by atoms with E-state index in [0.717, 1.165) is 10.7 Å². The molecule has 1 N–H and O–H groups in total. The summed E-state index contributed by atoms with van der Waals surface area (Å²) in [5, 5.41) is 12.1. The van der Waals surface area contributed by atoms with Gasteiger partial charge in [-0.1, -0.05) is 27.7 Å². The molecular weight excluding hydrogens is 288 g/mol. The highest BCUT2D eigenvalue weighted by atomic mass is 32.1. The van der Waals surface area contributed by atoms with E-state index < -0.39 is 11.9 Å². The highest BCUT2D eigenvalue weighted by molar-refractivity contribution is 7.09. The number of aliphatic carboxylic acids is 1. The summed E-state index contributed by atoms with van der Waals surface area (Å²) >= 11 is 1.57. The monoisotopic (exact) mass is 310 g/mol. The second-order valence-corrected chi connectivity index (χ2v) is 7.65. The van der Waals surface area contributed by atoms with Crippen molar-refractivity contribution >= 4 is 23.2 Å². The molecular formula is C15H22N2O3S. The van der Waals surface area contributed by atoms with Gasteiger partial charge in [-0.3, -0.25) is 9.59 Å². The SMILES string of the molecule is C[C@@H]1CN(C(=O)Cc2csc(C(C)(C)C)n2)C[C@H]1C(=O)O. The Morgan fingerprint density at radius 1 is 1.43 bits per heavy atom. The van der Waals surface area contributed by atoms with Crippen molar-refractivity contribution in [1.29, 1.82) is 0 Å². The summed E-state index contributed by atoms with van der Waals surface area (Å²) in [6.45, 7) is 9.00. The van der Waals surface area contributed by atoms with Crippen LogP contribution in [0.4, 0.5) is 0 Å². The molecule has 0 radical (unpaired) electrons. The van der Waals surface area contributed by atoms with Crippen molar-refractivity contribution in [1.82, 2.24) is 9.88 Å². The molecule has 1 aliphatic rings. The summed E-state index contributed by atoms with van der Waals surface area (Å²) in [6.07, 6.45) is 0.256. The quantitative estimate of drug-likeness (QED) is 0.929. The van der Waals surface area contributed by atoms with Crippen LogP contribution in [-0.4, -0.2) is 40.0 Å². The number of nitrogens with zero attached hydrogens (tertiary/aromatic N) is 2. The minimum absolute atomic E-state index is 0.00650. The lowest BCUT2D eigenvalue weighted by Crippen LogP contribution is -2.31. The van der Waals surface area contributed by atoms with Gasteiger partial charge < -0.3 is 10.0 Å². The fourth-order valence-electron chi connectivity index (χ4n) is 2.49. The number of rotatable bonds is 3. The van der Waals surface area contributed by atoms with Crippen LogP contribution in [0.25, 0.3) is 0 Å². The summed E-state index contributed by atoms with van der Waals surface area (Å²) in [5.41, 5.74) is 0.768. The molecule has 1 saturated heterocycles. The van der Waals surface area contributed by atoms with Gasteiger partial charge in [0.2, 0.25) is 5.91 Å². The third-order valence-electron chi connectivity index (χ3n) is 3.81. The molecule has 21 heavy (non-hydrogen) atoms. The lowest BCUT2D eigenvalue weighted by molar-refractivity contribution is -0.142. The molecule has 6 heteroatoms. The van der Waals surface area contributed by atoms with Crippen molar-refractivity contribution < 1.29 is 14.7 Å². The van der Waals surface area contributed by atoms with Crippen LogP contribution in [0.2, 0.25) is 0 Å². The number of amides is 1. The summed E-state index contributed by atoms with van der Waals surface area (Å²) < 4.78 is 0. The van der Waals surface area contributed by atoms with Crippen LogP contribution in [0.5, 0.6) is 0 Å². The first-order valence-corrected chi connectivity index (χ1v) is 8.02. The molecule has 1 aromatic rings. The van der Waals surface area contributed by atoms with E-state index in [1.54, 1.807) is 16.2 Å². The van der Waals surface area contributed by atoms with Crippen molar-refractivity contribution in [3.63, 3.8) is 0 Å². The van der Waals surface area contributed by atoms with E-state index in [2.05, 4.69) is 25.8 Å². The van der Waals surface area contributed by atoms with Crippen LogP contribution in [0.15, 0.2) is 5.38 Å². The number of carboxylic acid groups (broad SMARTS) is 1. The molecule has 0 unspecified atom stereocenters. The topological polar surface area (TPSA) is 70.5 Å². The molecule has 2 heterocycles. The summed E-state index contributed by atoms with van der Waals surface area (Å²) in [6, 6.07) is 0. The summed E-state index contributed by atoms with van der Waals surface area (Å²) in [7, 11) is 0. The highest BCUT2D eigenvalue weighted by Gasteiger charge is 2.36. The van der Waals surface area contributed by atoms with Crippen LogP contribution >= 0.6 is 11.3 Å². The van der Waals surface area contributed by atoms with Gasteiger partial charge in [0.05, 0.1) is 23.0 Å². The maximum atomic E-state index is 12.3. The molecule has 0 aromatic carbocycles. The third kappa shape index (κ3) is 3.61. The van der Waals surface area contributed by atoms with Crippen LogP contribution in [0, 0.1) is 11.8 Å². The number of aromatic nitrogens is 1. The Kier molecular flexibility index (Phi) is 4.37. The first kappa shape index (κ1) is 15.9. The smallest absolute Gasteiger partial charge is 0.308 e. The van der Waals surface area contributed by atoms with Crippen LogP contribution in [0.1, 0.15) is 38.4 Å². The Bertz CT molecular complexity index is 547. The molecule has 5 nitrogen and oxygen atoms in total. The molecule has 0 bridgehead atoms. The average Bonchev–Trinajstić information content (AvgIpc) is 2.94. The van der Waals surface area contributed by atoms with Crippen molar-refractivity contribution in [3.05, 3.63) is 16.1 Å².